The molecule has 0 radical (unpaired) electrons. The minimum Gasteiger partial charge on any atom is -0.383 e. The van der Waals surface area contributed by atoms with Crippen molar-refractivity contribution in [2.45, 2.75) is 6.10 Å². The van der Waals surface area contributed by atoms with Crippen molar-refractivity contribution in [3.63, 3.8) is 0 Å². The number of rotatable bonds is 3. The van der Waals surface area contributed by atoms with Gasteiger partial charge in [0, 0.05) is 19.8 Å². The average Bonchev–Trinajstić information content (AvgIpc) is 2.74. The summed E-state index contributed by atoms with van der Waals surface area (Å²) in [6.45, 7) is 0. The molecule has 0 saturated heterocycles. The van der Waals surface area contributed by atoms with Gasteiger partial charge in [0.2, 0.25) is 0 Å². The zero-order valence-electron chi connectivity index (χ0n) is 9.72. The highest BCUT2D eigenvalue weighted by molar-refractivity contribution is 7.10. The fourth-order valence-corrected chi connectivity index (χ4v) is 2.78. The lowest BCUT2D eigenvalue weighted by molar-refractivity contribution is 0.224. The van der Waals surface area contributed by atoms with E-state index in [1.54, 1.807) is 6.07 Å². The molecular formula is C13H14ClNOS. The van der Waals surface area contributed by atoms with Gasteiger partial charge in [0.05, 0.1) is 9.90 Å². The van der Waals surface area contributed by atoms with Crippen molar-refractivity contribution < 1.29 is 5.11 Å². The minimum absolute atomic E-state index is 0.624. The summed E-state index contributed by atoms with van der Waals surface area (Å²) < 4.78 is 0. The van der Waals surface area contributed by atoms with Crippen LogP contribution < -0.4 is 4.90 Å². The van der Waals surface area contributed by atoms with E-state index in [4.69, 9.17) is 11.6 Å². The highest BCUT2D eigenvalue weighted by atomic mass is 35.5. The van der Waals surface area contributed by atoms with E-state index in [1.165, 1.54) is 11.3 Å². The summed E-state index contributed by atoms with van der Waals surface area (Å²) in [5.74, 6) is 0. The Hall–Kier alpha value is -1.03. The van der Waals surface area contributed by atoms with Crippen molar-refractivity contribution in [1.29, 1.82) is 0 Å². The number of halogens is 1. The van der Waals surface area contributed by atoms with E-state index < -0.39 is 6.10 Å². The normalized spacial score (nSPS) is 12.5. The van der Waals surface area contributed by atoms with Crippen LogP contribution >= 0.6 is 22.9 Å². The van der Waals surface area contributed by atoms with Gasteiger partial charge in [-0.15, -0.1) is 11.3 Å². The Bertz CT molecular complexity index is 492. The van der Waals surface area contributed by atoms with Crippen LogP contribution in [0.3, 0.4) is 0 Å². The lowest BCUT2D eigenvalue weighted by Crippen LogP contribution is -2.08. The van der Waals surface area contributed by atoms with Crippen LogP contribution in [0.1, 0.15) is 16.5 Å². The first-order valence-electron chi connectivity index (χ1n) is 5.28. The largest absolute Gasteiger partial charge is 0.383 e. The molecular weight excluding hydrogens is 254 g/mol. The Morgan fingerprint density at radius 2 is 1.82 bits per heavy atom. The molecule has 4 heteroatoms. The molecule has 1 heterocycles. The maximum absolute atomic E-state index is 10.2. The van der Waals surface area contributed by atoms with Crippen LogP contribution in [-0.2, 0) is 0 Å². The number of benzene rings is 1. The second-order valence-corrected chi connectivity index (χ2v) is 5.38. The van der Waals surface area contributed by atoms with Crippen LogP contribution in [-0.4, -0.2) is 19.2 Å². The Morgan fingerprint density at radius 3 is 2.29 bits per heavy atom. The molecule has 0 aliphatic heterocycles. The third-order valence-corrected chi connectivity index (χ3v) is 4.03. The van der Waals surface area contributed by atoms with Gasteiger partial charge >= 0.3 is 0 Å². The van der Waals surface area contributed by atoms with E-state index in [-0.39, 0.29) is 0 Å². The van der Waals surface area contributed by atoms with Crippen molar-refractivity contribution >= 4 is 28.6 Å². The number of thiophene rings is 1. The van der Waals surface area contributed by atoms with Crippen molar-refractivity contribution in [1.82, 2.24) is 0 Å². The van der Waals surface area contributed by atoms with E-state index in [0.717, 1.165) is 16.1 Å². The first-order chi connectivity index (χ1) is 8.09. The van der Waals surface area contributed by atoms with E-state index in [0.29, 0.717) is 5.02 Å². The van der Waals surface area contributed by atoms with Crippen LogP contribution in [0.4, 0.5) is 5.69 Å². The highest BCUT2D eigenvalue weighted by Gasteiger charge is 2.15. The summed E-state index contributed by atoms with van der Waals surface area (Å²) in [4.78, 5) is 2.82. The van der Waals surface area contributed by atoms with Gasteiger partial charge in [-0.2, -0.15) is 0 Å². The Morgan fingerprint density at radius 1 is 1.18 bits per heavy atom. The van der Waals surface area contributed by atoms with Gasteiger partial charge in [0.25, 0.3) is 0 Å². The molecule has 2 aromatic rings. The van der Waals surface area contributed by atoms with Gasteiger partial charge in [-0.25, -0.2) is 0 Å². The van der Waals surface area contributed by atoms with Gasteiger partial charge < -0.3 is 10.0 Å². The number of hydrogen-bond acceptors (Lipinski definition) is 3. The zero-order valence-corrected chi connectivity index (χ0v) is 11.3. The van der Waals surface area contributed by atoms with Crippen LogP contribution in [0.15, 0.2) is 35.7 Å². The van der Waals surface area contributed by atoms with Crippen molar-refractivity contribution in [2.24, 2.45) is 0 Å². The van der Waals surface area contributed by atoms with E-state index in [9.17, 15) is 5.11 Å². The second-order valence-electron chi connectivity index (χ2n) is 4.02. The number of anilines is 1. The summed E-state index contributed by atoms with van der Waals surface area (Å²) in [6.07, 6.45) is -0.640. The Balaban J connectivity index is 2.26. The molecule has 0 bridgehead atoms. The van der Waals surface area contributed by atoms with E-state index in [1.807, 2.05) is 48.6 Å². The Labute approximate surface area is 110 Å². The maximum Gasteiger partial charge on any atom is 0.115 e. The molecule has 0 amide bonds. The minimum atomic E-state index is -0.640. The first kappa shape index (κ1) is 12.4. The predicted octanol–water partition coefficient (Wildman–Crippen LogP) is 3.55. The lowest BCUT2D eigenvalue weighted by Gasteiger charge is -2.14. The standard InChI is InChI=1S/C13H14ClNOS/c1-15(2)10-5-3-9(4-6-10)12(16)13-11(14)7-8-17-13/h3-8,12,16H,1-2H3. The summed E-state index contributed by atoms with van der Waals surface area (Å²) in [5, 5.41) is 12.7. The van der Waals surface area contributed by atoms with E-state index in [2.05, 4.69) is 0 Å². The van der Waals surface area contributed by atoms with Gasteiger partial charge in [-0.05, 0) is 29.1 Å². The highest BCUT2D eigenvalue weighted by Crippen LogP contribution is 2.33. The molecule has 0 aliphatic rings. The number of aliphatic hydroxyl groups excluding tert-OH is 1. The first-order valence-corrected chi connectivity index (χ1v) is 6.53. The molecule has 0 fully saturated rings. The van der Waals surface area contributed by atoms with Gasteiger partial charge in [-0.3, -0.25) is 0 Å². The SMILES string of the molecule is CN(C)c1ccc(C(O)c2sccc2Cl)cc1. The predicted molar refractivity (Wildman–Crippen MR) is 74.2 cm³/mol. The molecule has 90 valence electrons. The molecule has 1 aromatic carbocycles. The molecule has 0 aliphatic carbocycles. The van der Waals surface area contributed by atoms with Crippen LogP contribution in [0.5, 0.6) is 0 Å². The van der Waals surface area contributed by atoms with Crippen LogP contribution in [0.25, 0.3) is 0 Å². The summed E-state index contributed by atoms with van der Waals surface area (Å²) in [6, 6.07) is 9.63. The molecule has 0 spiro atoms. The third kappa shape index (κ3) is 2.63. The van der Waals surface area contributed by atoms with Gasteiger partial charge in [0.1, 0.15) is 6.10 Å². The monoisotopic (exact) mass is 267 g/mol. The number of hydrogen-bond donors (Lipinski definition) is 1. The Kier molecular flexibility index (Phi) is 3.72. The molecule has 0 saturated carbocycles. The molecule has 1 aromatic heterocycles. The maximum atomic E-state index is 10.2. The van der Waals surface area contributed by atoms with E-state index >= 15 is 0 Å². The van der Waals surface area contributed by atoms with Gasteiger partial charge in [0.15, 0.2) is 0 Å². The fraction of sp³-hybridized carbons (Fsp3) is 0.231. The number of nitrogens with zero attached hydrogens (tertiary/aromatic N) is 1. The molecule has 1 atom stereocenters. The molecule has 1 unspecified atom stereocenters. The molecule has 1 N–H and O–H groups in total. The summed E-state index contributed by atoms with van der Waals surface area (Å²) >= 11 is 7.48. The second kappa shape index (κ2) is 5.08. The van der Waals surface area contributed by atoms with Crippen molar-refractivity contribution in [3.05, 3.63) is 51.2 Å². The van der Waals surface area contributed by atoms with Crippen molar-refractivity contribution in [2.75, 3.05) is 19.0 Å². The van der Waals surface area contributed by atoms with Crippen LogP contribution in [0, 0.1) is 0 Å². The number of aliphatic hydroxyl groups is 1. The summed E-state index contributed by atoms with van der Waals surface area (Å²) in [5.41, 5.74) is 1.97. The van der Waals surface area contributed by atoms with Crippen LogP contribution in [0.2, 0.25) is 5.02 Å². The smallest absolute Gasteiger partial charge is 0.115 e. The fourth-order valence-electron chi connectivity index (χ4n) is 1.61. The topological polar surface area (TPSA) is 23.5 Å². The molecule has 2 rings (SSSR count). The summed E-state index contributed by atoms with van der Waals surface area (Å²) in [7, 11) is 3.98. The van der Waals surface area contributed by atoms with Crippen molar-refractivity contribution in [3.8, 4) is 0 Å². The molecule has 2 nitrogen and oxygen atoms in total. The quantitative estimate of drug-likeness (QED) is 0.919. The lowest BCUT2D eigenvalue weighted by atomic mass is 10.1. The molecule has 17 heavy (non-hydrogen) atoms. The average molecular weight is 268 g/mol. The zero-order chi connectivity index (χ0) is 12.4. The van der Waals surface area contributed by atoms with Gasteiger partial charge in [-0.1, -0.05) is 23.7 Å². The third-order valence-electron chi connectivity index (χ3n) is 2.62.